The van der Waals surface area contributed by atoms with Crippen molar-refractivity contribution in [2.45, 2.75) is 5.38 Å². The molecule has 3 aromatic rings. The molecule has 0 radical (unpaired) electrons. The number of fused-ring (bicyclic) bond motifs is 1. The van der Waals surface area contributed by atoms with Gasteiger partial charge in [-0.25, -0.2) is 0 Å². The zero-order chi connectivity index (χ0) is 14.8. The Labute approximate surface area is 132 Å². The minimum absolute atomic E-state index is 0.240. The van der Waals surface area contributed by atoms with E-state index in [1.54, 1.807) is 25.6 Å². The summed E-state index contributed by atoms with van der Waals surface area (Å²) in [7, 11) is 3.35. The Morgan fingerprint density at radius 3 is 2.33 bits per heavy atom. The maximum atomic E-state index is 6.72. The third-order valence-corrected chi connectivity index (χ3v) is 5.06. The molecule has 0 saturated heterocycles. The Balaban J connectivity index is 2.17. The molecule has 21 heavy (non-hydrogen) atoms. The van der Waals surface area contributed by atoms with Crippen LogP contribution < -0.4 is 9.47 Å². The van der Waals surface area contributed by atoms with Crippen LogP contribution in [0.4, 0.5) is 0 Å². The highest BCUT2D eigenvalue weighted by molar-refractivity contribution is 7.10. The second-order valence-electron chi connectivity index (χ2n) is 4.62. The molecule has 0 spiro atoms. The molecule has 0 N–H and O–H groups in total. The van der Waals surface area contributed by atoms with E-state index in [-0.39, 0.29) is 5.38 Å². The summed E-state index contributed by atoms with van der Waals surface area (Å²) in [4.78, 5) is 1.02. The molecule has 0 bridgehead atoms. The van der Waals surface area contributed by atoms with E-state index in [0.717, 1.165) is 32.7 Å². The van der Waals surface area contributed by atoms with Crippen molar-refractivity contribution in [1.29, 1.82) is 0 Å². The van der Waals surface area contributed by atoms with Crippen LogP contribution in [0.5, 0.6) is 11.5 Å². The zero-order valence-corrected chi connectivity index (χ0v) is 13.4. The number of benzene rings is 2. The van der Waals surface area contributed by atoms with E-state index < -0.39 is 0 Å². The second kappa shape index (κ2) is 5.96. The topological polar surface area (TPSA) is 18.5 Å². The first-order chi connectivity index (χ1) is 10.3. The van der Waals surface area contributed by atoms with Crippen molar-refractivity contribution in [2.75, 3.05) is 14.2 Å². The number of alkyl halides is 1. The molecule has 0 aliphatic heterocycles. The summed E-state index contributed by atoms with van der Waals surface area (Å²) < 4.78 is 10.8. The third-order valence-electron chi connectivity index (χ3n) is 3.52. The summed E-state index contributed by atoms with van der Waals surface area (Å²) in [5.41, 5.74) is 1.06. The van der Waals surface area contributed by atoms with Crippen molar-refractivity contribution in [1.82, 2.24) is 0 Å². The molecule has 0 amide bonds. The van der Waals surface area contributed by atoms with E-state index in [2.05, 4.69) is 6.07 Å². The van der Waals surface area contributed by atoms with E-state index in [1.165, 1.54) is 0 Å². The van der Waals surface area contributed by atoms with E-state index in [9.17, 15) is 0 Å². The van der Waals surface area contributed by atoms with Gasteiger partial charge in [0.2, 0.25) is 0 Å². The summed E-state index contributed by atoms with van der Waals surface area (Å²) in [5, 5.41) is 3.93. The van der Waals surface area contributed by atoms with Gasteiger partial charge >= 0.3 is 0 Å². The minimum Gasteiger partial charge on any atom is -0.496 e. The lowest BCUT2D eigenvalue weighted by Crippen LogP contribution is -1.96. The van der Waals surface area contributed by atoms with Crippen LogP contribution in [0.1, 0.15) is 15.8 Å². The standard InChI is InChI=1S/C17H15ClO2S/c1-19-14-8-7-13(11-5-3-4-6-12(11)14)16(18)17-15(20-2)9-10-21-17/h3-10,16H,1-2H3. The highest BCUT2D eigenvalue weighted by Gasteiger charge is 2.20. The van der Waals surface area contributed by atoms with Gasteiger partial charge in [0, 0.05) is 5.39 Å². The van der Waals surface area contributed by atoms with Gasteiger partial charge in [-0.3, -0.25) is 0 Å². The van der Waals surface area contributed by atoms with Gasteiger partial charge in [-0.1, -0.05) is 30.3 Å². The molecule has 3 rings (SSSR count). The number of hydrogen-bond donors (Lipinski definition) is 0. The van der Waals surface area contributed by atoms with E-state index in [4.69, 9.17) is 21.1 Å². The number of methoxy groups -OCH3 is 2. The molecule has 1 aromatic heterocycles. The summed E-state index contributed by atoms with van der Waals surface area (Å²) in [6.45, 7) is 0. The molecular formula is C17H15ClO2S. The quantitative estimate of drug-likeness (QED) is 0.612. The maximum Gasteiger partial charge on any atom is 0.134 e. The average Bonchev–Trinajstić information content (AvgIpc) is 3.01. The van der Waals surface area contributed by atoms with Crippen molar-refractivity contribution in [3.63, 3.8) is 0 Å². The molecule has 2 nitrogen and oxygen atoms in total. The van der Waals surface area contributed by atoms with Crippen molar-refractivity contribution in [3.05, 3.63) is 58.3 Å². The van der Waals surface area contributed by atoms with Gasteiger partial charge in [-0.05, 0) is 28.5 Å². The zero-order valence-electron chi connectivity index (χ0n) is 11.8. The fourth-order valence-corrected chi connectivity index (χ4v) is 3.80. The van der Waals surface area contributed by atoms with E-state index in [1.807, 2.05) is 41.8 Å². The van der Waals surface area contributed by atoms with Crippen LogP contribution in [0.15, 0.2) is 47.8 Å². The van der Waals surface area contributed by atoms with E-state index >= 15 is 0 Å². The Morgan fingerprint density at radius 1 is 0.905 bits per heavy atom. The molecule has 1 atom stereocenters. The monoisotopic (exact) mass is 318 g/mol. The van der Waals surface area contributed by atoms with Gasteiger partial charge in [0.05, 0.1) is 24.5 Å². The highest BCUT2D eigenvalue weighted by atomic mass is 35.5. The normalized spacial score (nSPS) is 12.3. The smallest absolute Gasteiger partial charge is 0.134 e. The number of hydrogen-bond acceptors (Lipinski definition) is 3. The van der Waals surface area contributed by atoms with Crippen LogP contribution in [-0.4, -0.2) is 14.2 Å². The predicted molar refractivity (Wildman–Crippen MR) is 89.1 cm³/mol. The Bertz CT molecular complexity index is 766. The fraction of sp³-hybridized carbons (Fsp3) is 0.176. The Hall–Kier alpha value is -1.71. The van der Waals surface area contributed by atoms with Gasteiger partial charge < -0.3 is 9.47 Å². The predicted octanol–water partition coefficient (Wildman–Crippen LogP) is 5.25. The number of thiophene rings is 1. The average molecular weight is 319 g/mol. The van der Waals surface area contributed by atoms with Crippen molar-refractivity contribution >= 4 is 33.7 Å². The molecule has 1 heterocycles. The van der Waals surface area contributed by atoms with Gasteiger partial charge in [-0.2, -0.15) is 0 Å². The number of rotatable bonds is 4. The van der Waals surface area contributed by atoms with Crippen molar-refractivity contribution < 1.29 is 9.47 Å². The van der Waals surface area contributed by atoms with Crippen LogP contribution in [-0.2, 0) is 0 Å². The van der Waals surface area contributed by atoms with Gasteiger partial charge in [-0.15, -0.1) is 22.9 Å². The Kier molecular flexibility index (Phi) is 4.04. The largest absolute Gasteiger partial charge is 0.496 e. The highest BCUT2D eigenvalue weighted by Crippen LogP contribution is 2.42. The van der Waals surface area contributed by atoms with Crippen molar-refractivity contribution in [3.8, 4) is 11.5 Å². The van der Waals surface area contributed by atoms with Crippen LogP contribution in [0.25, 0.3) is 10.8 Å². The summed E-state index contributed by atoms with van der Waals surface area (Å²) >= 11 is 8.33. The van der Waals surface area contributed by atoms with Crippen LogP contribution in [0.2, 0.25) is 0 Å². The first-order valence-electron chi connectivity index (χ1n) is 6.57. The molecule has 2 aromatic carbocycles. The third kappa shape index (κ3) is 2.47. The van der Waals surface area contributed by atoms with Crippen molar-refractivity contribution in [2.24, 2.45) is 0 Å². The van der Waals surface area contributed by atoms with Gasteiger partial charge in [0.1, 0.15) is 11.5 Å². The molecule has 0 aliphatic carbocycles. The lowest BCUT2D eigenvalue weighted by Gasteiger charge is -2.15. The van der Waals surface area contributed by atoms with Gasteiger partial charge in [0.25, 0.3) is 0 Å². The number of halogens is 1. The van der Waals surface area contributed by atoms with Crippen LogP contribution >= 0.6 is 22.9 Å². The Morgan fingerprint density at radius 2 is 1.62 bits per heavy atom. The number of ether oxygens (including phenoxy) is 2. The lowest BCUT2D eigenvalue weighted by molar-refractivity contribution is 0.413. The second-order valence-corrected chi connectivity index (χ2v) is 6.00. The molecule has 0 saturated carbocycles. The molecule has 0 fully saturated rings. The molecule has 1 unspecified atom stereocenters. The molecule has 4 heteroatoms. The van der Waals surface area contributed by atoms with Crippen LogP contribution in [0.3, 0.4) is 0 Å². The molecule has 0 aliphatic rings. The summed E-state index contributed by atoms with van der Waals surface area (Å²) in [6, 6.07) is 14.1. The first kappa shape index (κ1) is 14.2. The lowest BCUT2D eigenvalue weighted by atomic mass is 10.00. The minimum atomic E-state index is -0.240. The van der Waals surface area contributed by atoms with Gasteiger partial charge in [0.15, 0.2) is 0 Å². The summed E-state index contributed by atoms with van der Waals surface area (Å²) in [5.74, 6) is 1.69. The molecular weight excluding hydrogens is 304 g/mol. The van der Waals surface area contributed by atoms with E-state index in [0.29, 0.717) is 0 Å². The SMILES string of the molecule is COc1ccsc1C(Cl)c1ccc(OC)c2ccccc12. The maximum absolute atomic E-state index is 6.72. The fourth-order valence-electron chi connectivity index (χ4n) is 2.50. The molecule has 108 valence electrons. The summed E-state index contributed by atoms with van der Waals surface area (Å²) in [6.07, 6.45) is 0. The first-order valence-corrected chi connectivity index (χ1v) is 7.89. The van der Waals surface area contributed by atoms with Crippen LogP contribution in [0, 0.1) is 0 Å².